The van der Waals surface area contributed by atoms with Crippen LogP contribution in [-0.2, 0) is 17.8 Å². The highest BCUT2D eigenvalue weighted by atomic mass is 16.5. The molecule has 7 nitrogen and oxygen atoms in total. The summed E-state index contributed by atoms with van der Waals surface area (Å²) >= 11 is 0. The molecule has 1 aliphatic heterocycles. The number of furan rings is 1. The van der Waals surface area contributed by atoms with Crippen molar-refractivity contribution in [2.45, 2.75) is 26.9 Å². The summed E-state index contributed by atoms with van der Waals surface area (Å²) in [6.07, 6.45) is 3.33. The molecule has 0 bridgehead atoms. The van der Waals surface area contributed by atoms with Crippen LogP contribution in [0.3, 0.4) is 0 Å². The molecule has 138 valence electrons. The Morgan fingerprint density at radius 3 is 2.85 bits per heavy atom. The first-order valence-corrected chi connectivity index (χ1v) is 9.22. The fourth-order valence-electron chi connectivity index (χ4n) is 3.64. The zero-order valence-electron chi connectivity index (χ0n) is 15.4. The van der Waals surface area contributed by atoms with E-state index in [1.54, 1.807) is 17.5 Å². The number of aryl methyl sites for hydroxylation is 1. The summed E-state index contributed by atoms with van der Waals surface area (Å²) in [5.74, 6) is 1.76. The van der Waals surface area contributed by atoms with Crippen molar-refractivity contribution in [2.24, 2.45) is 0 Å². The highest BCUT2D eigenvalue weighted by molar-refractivity contribution is 5.91. The lowest BCUT2D eigenvalue weighted by Gasteiger charge is -2.24. The van der Waals surface area contributed by atoms with Crippen molar-refractivity contribution >= 4 is 16.9 Å². The van der Waals surface area contributed by atoms with Crippen LogP contribution in [0.25, 0.3) is 11.0 Å². The number of nitrogens with one attached hydrogen (secondary N) is 2. The number of quaternary nitrogens is 1. The molecule has 0 radical (unpaired) electrons. The third-order valence-corrected chi connectivity index (χ3v) is 5.30. The van der Waals surface area contributed by atoms with Crippen molar-refractivity contribution in [1.82, 2.24) is 14.5 Å². The summed E-state index contributed by atoms with van der Waals surface area (Å²) < 4.78 is 13.2. The number of morpholine rings is 1. The van der Waals surface area contributed by atoms with Gasteiger partial charge >= 0.3 is 0 Å². The molecular weight excluding hydrogens is 330 g/mol. The van der Waals surface area contributed by atoms with Crippen LogP contribution in [0.2, 0.25) is 0 Å². The van der Waals surface area contributed by atoms with Gasteiger partial charge in [-0.2, -0.15) is 0 Å². The number of nitrogens with zero attached hydrogens (tertiary/aromatic N) is 3. The lowest BCUT2D eigenvalue weighted by atomic mass is 10.2. The Labute approximate surface area is 153 Å². The zero-order chi connectivity index (χ0) is 17.9. The fraction of sp³-hybridized carbons (Fsp3) is 0.474. The summed E-state index contributed by atoms with van der Waals surface area (Å²) in [5.41, 5.74) is 3.50. The van der Waals surface area contributed by atoms with Gasteiger partial charge in [0.15, 0.2) is 0 Å². The van der Waals surface area contributed by atoms with Gasteiger partial charge in [-0.05, 0) is 31.5 Å². The molecular formula is C19H26N5O2+. The Kier molecular flexibility index (Phi) is 4.90. The molecule has 0 atom stereocenters. The topological polar surface area (TPSA) is 69.6 Å². The molecule has 4 rings (SSSR count). The molecule has 0 amide bonds. The molecule has 0 spiro atoms. The summed E-state index contributed by atoms with van der Waals surface area (Å²) in [4.78, 5) is 10.7. The Morgan fingerprint density at radius 1 is 1.23 bits per heavy atom. The second-order valence-electron chi connectivity index (χ2n) is 6.83. The second kappa shape index (κ2) is 7.47. The van der Waals surface area contributed by atoms with Gasteiger partial charge in [0.05, 0.1) is 44.5 Å². The Balaban J connectivity index is 1.58. The van der Waals surface area contributed by atoms with Crippen LogP contribution in [0.5, 0.6) is 0 Å². The second-order valence-corrected chi connectivity index (χ2v) is 6.83. The average Bonchev–Trinajstić information content (AvgIpc) is 3.27. The number of ether oxygens (including phenoxy) is 1. The highest BCUT2D eigenvalue weighted by Crippen LogP contribution is 2.28. The molecule has 0 unspecified atom stereocenters. The summed E-state index contributed by atoms with van der Waals surface area (Å²) in [6, 6.07) is 3.85. The smallest absolute Gasteiger partial charge is 0.146 e. The third kappa shape index (κ3) is 3.32. The van der Waals surface area contributed by atoms with Crippen LogP contribution in [-0.4, -0.2) is 47.4 Å². The number of hydrogen-bond donors (Lipinski definition) is 2. The van der Waals surface area contributed by atoms with Crippen LogP contribution in [0, 0.1) is 13.8 Å². The van der Waals surface area contributed by atoms with Crippen LogP contribution < -0.4 is 10.2 Å². The lowest BCUT2D eigenvalue weighted by molar-refractivity contribution is -0.908. The van der Waals surface area contributed by atoms with Gasteiger partial charge in [-0.15, -0.1) is 0 Å². The van der Waals surface area contributed by atoms with Gasteiger partial charge < -0.3 is 23.9 Å². The number of fused-ring (bicyclic) bond motifs is 1. The zero-order valence-corrected chi connectivity index (χ0v) is 15.4. The van der Waals surface area contributed by atoms with E-state index < -0.39 is 0 Å². The highest BCUT2D eigenvalue weighted by Gasteiger charge is 2.19. The van der Waals surface area contributed by atoms with E-state index in [2.05, 4.69) is 33.7 Å². The van der Waals surface area contributed by atoms with Gasteiger partial charge in [-0.3, -0.25) is 0 Å². The van der Waals surface area contributed by atoms with E-state index >= 15 is 0 Å². The van der Waals surface area contributed by atoms with Gasteiger partial charge in [0, 0.05) is 5.69 Å². The van der Waals surface area contributed by atoms with E-state index in [-0.39, 0.29) is 0 Å². The molecule has 2 N–H and O–H groups in total. The fourth-order valence-corrected chi connectivity index (χ4v) is 3.64. The van der Waals surface area contributed by atoms with Gasteiger partial charge in [0.1, 0.15) is 36.6 Å². The Hall–Kier alpha value is -2.38. The first-order valence-electron chi connectivity index (χ1n) is 9.22. The number of anilines is 1. The van der Waals surface area contributed by atoms with E-state index in [0.29, 0.717) is 6.54 Å². The van der Waals surface area contributed by atoms with Crippen LogP contribution in [0.15, 0.2) is 29.1 Å². The first-order chi connectivity index (χ1) is 12.7. The van der Waals surface area contributed by atoms with E-state index in [0.717, 1.165) is 62.0 Å². The number of hydrogen-bond acceptors (Lipinski definition) is 5. The first kappa shape index (κ1) is 17.1. The summed E-state index contributed by atoms with van der Waals surface area (Å²) in [7, 11) is 0. The Morgan fingerprint density at radius 2 is 2.08 bits per heavy atom. The SMILES string of the molecule is Cc1c(C)n(CC[NH+]2CCOCC2)c2ncnc(NCc3ccco3)c12. The predicted molar refractivity (Wildman–Crippen MR) is 99.4 cm³/mol. The normalized spacial score (nSPS) is 15.6. The minimum absolute atomic E-state index is 0.612. The van der Waals surface area contributed by atoms with Crippen molar-refractivity contribution in [3.05, 3.63) is 41.7 Å². The molecule has 3 aromatic heterocycles. The largest absolute Gasteiger partial charge is 0.467 e. The molecule has 7 heteroatoms. The maximum Gasteiger partial charge on any atom is 0.146 e. The maximum absolute atomic E-state index is 5.46. The third-order valence-electron chi connectivity index (χ3n) is 5.30. The maximum atomic E-state index is 5.46. The molecule has 1 saturated heterocycles. The summed E-state index contributed by atoms with van der Waals surface area (Å²) in [6.45, 7) is 10.9. The van der Waals surface area contributed by atoms with E-state index in [1.807, 2.05) is 12.1 Å². The lowest BCUT2D eigenvalue weighted by Crippen LogP contribution is -3.14. The van der Waals surface area contributed by atoms with Crippen molar-refractivity contribution in [3.63, 3.8) is 0 Å². The van der Waals surface area contributed by atoms with Crippen molar-refractivity contribution in [3.8, 4) is 0 Å². The molecule has 1 fully saturated rings. The Bertz CT molecular complexity index is 866. The average molecular weight is 356 g/mol. The van der Waals surface area contributed by atoms with Crippen LogP contribution >= 0.6 is 0 Å². The monoisotopic (exact) mass is 356 g/mol. The standard InChI is InChI=1S/C19H25N5O2/c1-14-15(2)24(6-5-23-7-10-25-11-8-23)19-17(14)18(21-13-22-19)20-12-16-4-3-9-26-16/h3-4,9,13H,5-8,10-12H2,1-2H3,(H,20,21,22)/p+1. The van der Waals surface area contributed by atoms with Crippen molar-refractivity contribution < 1.29 is 14.1 Å². The van der Waals surface area contributed by atoms with Crippen molar-refractivity contribution in [1.29, 1.82) is 0 Å². The number of rotatable bonds is 6. The van der Waals surface area contributed by atoms with Gasteiger partial charge in [0.25, 0.3) is 0 Å². The van der Waals surface area contributed by atoms with E-state index in [1.165, 1.54) is 11.3 Å². The molecule has 0 saturated carbocycles. The minimum atomic E-state index is 0.612. The number of aromatic nitrogens is 3. The molecule has 0 aliphatic carbocycles. The molecule has 0 aromatic carbocycles. The summed E-state index contributed by atoms with van der Waals surface area (Å²) in [5, 5.41) is 4.50. The van der Waals surface area contributed by atoms with E-state index in [9.17, 15) is 0 Å². The van der Waals surface area contributed by atoms with Crippen LogP contribution in [0.1, 0.15) is 17.0 Å². The quantitative estimate of drug-likeness (QED) is 0.694. The van der Waals surface area contributed by atoms with Gasteiger partial charge in [0.2, 0.25) is 0 Å². The molecule has 1 aliphatic rings. The van der Waals surface area contributed by atoms with E-state index in [4.69, 9.17) is 9.15 Å². The molecule has 3 aromatic rings. The minimum Gasteiger partial charge on any atom is -0.467 e. The predicted octanol–water partition coefficient (Wildman–Crippen LogP) is 1.17. The molecule has 4 heterocycles. The molecule has 26 heavy (non-hydrogen) atoms. The van der Waals surface area contributed by atoms with Gasteiger partial charge in [-0.1, -0.05) is 0 Å². The van der Waals surface area contributed by atoms with Gasteiger partial charge in [-0.25, -0.2) is 9.97 Å². The van der Waals surface area contributed by atoms with Crippen LogP contribution in [0.4, 0.5) is 5.82 Å². The van der Waals surface area contributed by atoms with Crippen molar-refractivity contribution in [2.75, 3.05) is 38.2 Å².